The van der Waals surface area contributed by atoms with Crippen molar-refractivity contribution in [3.63, 3.8) is 0 Å². The molecule has 0 amide bonds. The summed E-state index contributed by atoms with van der Waals surface area (Å²) in [6.45, 7) is 0. The molecular weight excluding hydrogens is 263 g/mol. The fourth-order valence-electron chi connectivity index (χ4n) is 0. The van der Waals surface area contributed by atoms with Crippen molar-refractivity contribution in [3.05, 3.63) is 0 Å². The van der Waals surface area contributed by atoms with E-state index in [9.17, 15) is 0 Å². The molecule has 12 nitrogen and oxygen atoms in total. The molecular formula is H16B4Li4O12. The van der Waals surface area contributed by atoms with E-state index in [1.165, 1.54) is 0 Å². The fourth-order valence-corrected chi connectivity index (χ4v) is 0. The van der Waals surface area contributed by atoms with Gasteiger partial charge < -0.3 is 60.3 Å². The van der Waals surface area contributed by atoms with Crippen LogP contribution in [-0.2, 0) is 0 Å². The van der Waals surface area contributed by atoms with Gasteiger partial charge in [0.25, 0.3) is 0 Å². The van der Waals surface area contributed by atoms with Gasteiger partial charge in [0, 0.05) is 0 Å². The first kappa shape index (κ1) is 49.5. The van der Waals surface area contributed by atoms with Crippen LogP contribution in [0.2, 0.25) is 0 Å². The number of rotatable bonds is 0. The minimum absolute atomic E-state index is 0. The Hall–Kier alpha value is 2.17. The molecule has 20 heteroatoms. The molecule has 104 valence electrons. The third-order valence-corrected chi connectivity index (χ3v) is 0. The van der Waals surface area contributed by atoms with E-state index in [0.29, 0.717) is 0 Å². The second-order valence-corrected chi connectivity index (χ2v) is 1.39. The summed E-state index contributed by atoms with van der Waals surface area (Å²) in [5, 5.41) is 86.0. The van der Waals surface area contributed by atoms with Crippen LogP contribution in [0.5, 0.6) is 0 Å². The third-order valence-electron chi connectivity index (χ3n) is 0. The molecule has 0 atom stereocenters. The van der Waals surface area contributed by atoms with Crippen LogP contribution in [0.1, 0.15) is 0 Å². The average molecular weight is 279 g/mol. The van der Waals surface area contributed by atoms with Gasteiger partial charge in [-0.15, -0.1) is 0 Å². The van der Waals surface area contributed by atoms with E-state index in [4.69, 9.17) is 60.3 Å². The van der Waals surface area contributed by atoms with Gasteiger partial charge in [-0.3, -0.25) is 0 Å². The Kier molecular flexibility index (Phi) is 106. The monoisotopic (exact) mass is 280 g/mol. The van der Waals surface area contributed by atoms with E-state index in [1.54, 1.807) is 0 Å². The third kappa shape index (κ3) is 1570. The van der Waals surface area contributed by atoms with Crippen molar-refractivity contribution in [2.75, 3.05) is 0 Å². The van der Waals surface area contributed by atoms with Crippen LogP contribution >= 0.6 is 0 Å². The zero-order chi connectivity index (χ0) is 14.3. The van der Waals surface area contributed by atoms with Gasteiger partial charge in [-0.1, -0.05) is 0 Å². The molecule has 0 aliphatic heterocycles. The van der Waals surface area contributed by atoms with Crippen molar-refractivity contribution >= 4 is 105 Å². The summed E-state index contributed by atoms with van der Waals surface area (Å²) in [5.41, 5.74) is 0. The molecule has 0 rings (SSSR count). The molecule has 0 heterocycles. The molecule has 0 radical (unpaired) electrons. The first-order valence-corrected chi connectivity index (χ1v) is 3.10. The SMILES string of the molecule is OB(O)O.OB(O)O.OB(O)O.OB(O)O.[LiH].[LiH].[LiH].[LiH]. The van der Waals surface area contributed by atoms with Gasteiger partial charge in [0.15, 0.2) is 0 Å². The number of hydrogen-bond donors (Lipinski definition) is 12. The van der Waals surface area contributed by atoms with Crippen LogP contribution in [-0.4, -0.2) is 165 Å². The van der Waals surface area contributed by atoms with Crippen molar-refractivity contribution in [1.29, 1.82) is 0 Å². The Bertz CT molecular complexity index is 70.4. The molecule has 20 heavy (non-hydrogen) atoms. The van der Waals surface area contributed by atoms with Crippen molar-refractivity contribution in [3.8, 4) is 0 Å². The summed E-state index contributed by atoms with van der Waals surface area (Å²) >= 11 is 0. The summed E-state index contributed by atoms with van der Waals surface area (Å²) in [7, 11) is -8.67. The molecule has 0 aliphatic rings. The summed E-state index contributed by atoms with van der Waals surface area (Å²) in [4.78, 5) is 0. The molecule has 0 saturated heterocycles. The maximum absolute atomic E-state index is 7.17. The molecule has 0 unspecified atom stereocenters. The Balaban J connectivity index is -0.0000000150. The Morgan fingerprint density at radius 2 is 0.250 bits per heavy atom. The van der Waals surface area contributed by atoms with E-state index in [-0.39, 0.29) is 75.4 Å². The van der Waals surface area contributed by atoms with E-state index >= 15 is 0 Å². The first-order valence-electron chi connectivity index (χ1n) is 3.10. The van der Waals surface area contributed by atoms with Crippen molar-refractivity contribution < 1.29 is 60.3 Å². The molecule has 12 N–H and O–H groups in total. The first-order chi connectivity index (χ1) is 6.93. The van der Waals surface area contributed by atoms with Crippen LogP contribution in [0.25, 0.3) is 0 Å². The van der Waals surface area contributed by atoms with Gasteiger partial charge in [0.1, 0.15) is 0 Å². The molecule has 0 aromatic carbocycles. The van der Waals surface area contributed by atoms with E-state index < -0.39 is 29.3 Å². The summed E-state index contributed by atoms with van der Waals surface area (Å²) in [5.74, 6) is 0. The van der Waals surface area contributed by atoms with Gasteiger partial charge >= 0.3 is 105 Å². The van der Waals surface area contributed by atoms with Gasteiger partial charge in [0.05, 0.1) is 0 Å². The zero-order valence-electron chi connectivity index (χ0n) is 7.68. The minimum atomic E-state index is -2.17. The van der Waals surface area contributed by atoms with Crippen molar-refractivity contribution in [1.82, 2.24) is 0 Å². The normalized spacial score (nSPS) is 5.40. The van der Waals surface area contributed by atoms with Gasteiger partial charge in [0.2, 0.25) is 0 Å². The Labute approximate surface area is 164 Å². The standard InChI is InChI=1S/4BH3O3.4Li.4H/c4*2-1(3)4;;;;;;;;/h4*2-4H;;;;;;;;. The molecule has 0 spiro atoms. The molecule has 0 saturated carbocycles. The van der Waals surface area contributed by atoms with Crippen molar-refractivity contribution in [2.45, 2.75) is 0 Å². The molecule has 0 aliphatic carbocycles. The second-order valence-electron chi connectivity index (χ2n) is 1.39. The fraction of sp³-hybridized carbons (Fsp3) is 0. The van der Waals surface area contributed by atoms with Crippen LogP contribution in [0.4, 0.5) is 0 Å². The van der Waals surface area contributed by atoms with Crippen molar-refractivity contribution in [2.24, 2.45) is 0 Å². The number of hydrogen-bond acceptors (Lipinski definition) is 12. The van der Waals surface area contributed by atoms with Gasteiger partial charge in [-0.05, 0) is 0 Å². The predicted octanol–water partition coefficient (Wildman–Crippen LogP) is -10.8. The summed E-state index contributed by atoms with van der Waals surface area (Å²) < 4.78 is 0. The molecule has 0 aromatic rings. The van der Waals surface area contributed by atoms with E-state index in [0.717, 1.165) is 0 Å². The molecule has 0 aromatic heterocycles. The van der Waals surface area contributed by atoms with Crippen LogP contribution in [0.15, 0.2) is 0 Å². The Morgan fingerprint density at radius 1 is 0.250 bits per heavy atom. The zero-order valence-corrected chi connectivity index (χ0v) is 7.68. The summed E-state index contributed by atoms with van der Waals surface area (Å²) in [6.07, 6.45) is 0. The van der Waals surface area contributed by atoms with Crippen LogP contribution in [0, 0.1) is 0 Å². The van der Waals surface area contributed by atoms with Gasteiger partial charge in [-0.2, -0.15) is 0 Å². The summed E-state index contributed by atoms with van der Waals surface area (Å²) in [6, 6.07) is 0. The van der Waals surface area contributed by atoms with E-state index in [1.807, 2.05) is 0 Å². The Morgan fingerprint density at radius 3 is 0.250 bits per heavy atom. The topological polar surface area (TPSA) is 243 Å². The molecule has 0 bridgehead atoms. The van der Waals surface area contributed by atoms with Gasteiger partial charge in [-0.25, -0.2) is 0 Å². The predicted molar refractivity (Wildman–Crippen MR) is 78.2 cm³/mol. The van der Waals surface area contributed by atoms with E-state index in [2.05, 4.69) is 0 Å². The average Bonchev–Trinajstić information content (AvgIpc) is 1.76. The van der Waals surface area contributed by atoms with Crippen LogP contribution in [0.3, 0.4) is 0 Å². The van der Waals surface area contributed by atoms with Crippen LogP contribution < -0.4 is 0 Å². The maximum atomic E-state index is 7.17. The second kappa shape index (κ2) is 42.9. The quantitative estimate of drug-likeness (QED) is 0.185. The molecule has 0 fully saturated rings.